The molecule has 1 aliphatic rings. The number of carbonyl (C=O) groups excluding carboxylic acids is 3. The summed E-state index contributed by atoms with van der Waals surface area (Å²) in [5, 5.41) is 11.2. The Labute approximate surface area is 160 Å². The minimum absolute atomic E-state index is 0.0237. The average Bonchev–Trinajstić information content (AvgIpc) is 3.24. The van der Waals surface area contributed by atoms with Crippen LogP contribution in [-0.2, 0) is 19.1 Å². The Morgan fingerprint density at radius 2 is 2.07 bits per heavy atom. The van der Waals surface area contributed by atoms with E-state index in [1.807, 2.05) is 32.0 Å². The first-order valence-corrected chi connectivity index (χ1v) is 9.39. The Bertz CT molecular complexity index is 895. The maximum atomic E-state index is 12.5. The minimum Gasteiger partial charge on any atom is -0.459 e. The highest BCUT2D eigenvalue weighted by molar-refractivity contribution is 7.15. The number of hydrogen-bond donors (Lipinski definition) is 1. The van der Waals surface area contributed by atoms with E-state index in [2.05, 4.69) is 20.3 Å². The van der Waals surface area contributed by atoms with E-state index in [1.54, 1.807) is 11.8 Å². The first-order valence-electron chi connectivity index (χ1n) is 8.58. The van der Waals surface area contributed by atoms with E-state index in [0.717, 1.165) is 22.6 Å². The molecule has 1 aromatic heterocycles. The number of amides is 2. The fourth-order valence-electron chi connectivity index (χ4n) is 2.81. The van der Waals surface area contributed by atoms with Gasteiger partial charge >= 0.3 is 11.9 Å². The van der Waals surface area contributed by atoms with Crippen molar-refractivity contribution in [1.82, 2.24) is 10.2 Å². The van der Waals surface area contributed by atoms with Gasteiger partial charge in [-0.3, -0.25) is 14.9 Å². The Morgan fingerprint density at radius 1 is 1.30 bits per heavy atom. The average molecular weight is 388 g/mol. The van der Waals surface area contributed by atoms with Crippen molar-refractivity contribution in [2.45, 2.75) is 33.1 Å². The van der Waals surface area contributed by atoms with Gasteiger partial charge in [0.05, 0.1) is 6.61 Å². The molecule has 1 aromatic carbocycles. The number of hydrogen-bond acceptors (Lipinski definition) is 7. The molecule has 1 N–H and O–H groups in total. The zero-order valence-corrected chi connectivity index (χ0v) is 16.1. The van der Waals surface area contributed by atoms with Gasteiger partial charge in [0.15, 0.2) is 0 Å². The third kappa shape index (κ3) is 4.13. The fraction of sp³-hybridized carbons (Fsp3) is 0.389. The number of aromatic nitrogens is 2. The van der Waals surface area contributed by atoms with E-state index >= 15 is 0 Å². The molecule has 0 aliphatic carbocycles. The lowest BCUT2D eigenvalue weighted by Crippen LogP contribution is -2.24. The standard InChI is InChI=1S/C18H20N4O4S/c1-4-26-17(25)15(24)19-18-21-20-16(27-18)12-8-14(23)22(9-12)13-6-5-10(2)11(3)7-13/h5-7,12H,4,8-9H2,1-3H3,(H,19,21,24). The van der Waals surface area contributed by atoms with E-state index in [1.165, 1.54) is 5.56 Å². The maximum absolute atomic E-state index is 12.5. The second-order valence-corrected chi connectivity index (χ2v) is 7.30. The molecule has 0 bridgehead atoms. The molecule has 2 heterocycles. The molecule has 0 radical (unpaired) electrons. The number of benzene rings is 1. The molecule has 0 spiro atoms. The Balaban J connectivity index is 1.69. The van der Waals surface area contributed by atoms with Crippen molar-refractivity contribution >= 4 is 39.9 Å². The summed E-state index contributed by atoms with van der Waals surface area (Å²) in [7, 11) is 0. The van der Waals surface area contributed by atoms with Crippen molar-refractivity contribution in [3.05, 3.63) is 34.3 Å². The summed E-state index contributed by atoms with van der Waals surface area (Å²) >= 11 is 1.16. The van der Waals surface area contributed by atoms with Gasteiger partial charge in [-0.05, 0) is 44.0 Å². The lowest BCUT2D eigenvalue weighted by molar-refractivity contribution is -0.152. The summed E-state index contributed by atoms with van der Waals surface area (Å²) in [5.74, 6) is -1.94. The Morgan fingerprint density at radius 3 is 2.78 bits per heavy atom. The topological polar surface area (TPSA) is 101 Å². The van der Waals surface area contributed by atoms with E-state index in [9.17, 15) is 14.4 Å². The van der Waals surface area contributed by atoms with Gasteiger partial charge < -0.3 is 9.64 Å². The van der Waals surface area contributed by atoms with Crippen molar-refractivity contribution in [2.24, 2.45) is 0 Å². The Kier molecular flexibility index (Phi) is 5.50. The molecule has 9 heteroatoms. The first-order chi connectivity index (χ1) is 12.9. The summed E-state index contributed by atoms with van der Waals surface area (Å²) in [5.41, 5.74) is 3.17. The number of carbonyl (C=O) groups is 3. The van der Waals surface area contributed by atoms with Crippen LogP contribution in [0.4, 0.5) is 10.8 Å². The van der Waals surface area contributed by atoms with Gasteiger partial charge in [-0.1, -0.05) is 17.4 Å². The van der Waals surface area contributed by atoms with Crippen molar-refractivity contribution in [3.63, 3.8) is 0 Å². The molecule has 1 aliphatic heterocycles. The van der Waals surface area contributed by atoms with Crippen molar-refractivity contribution in [3.8, 4) is 0 Å². The largest absolute Gasteiger partial charge is 0.459 e. The first kappa shape index (κ1) is 19.0. The van der Waals surface area contributed by atoms with Crippen LogP contribution in [0.1, 0.15) is 35.4 Å². The molecule has 1 atom stereocenters. The summed E-state index contributed by atoms with van der Waals surface area (Å²) in [6.45, 7) is 6.28. The second-order valence-electron chi connectivity index (χ2n) is 6.29. The molecule has 1 unspecified atom stereocenters. The number of anilines is 2. The molecule has 2 amide bonds. The van der Waals surface area contributed by atoms with Crippen LogP contribution in [0.2, 0.25) is 0 Å². The zero-order chi connectivity index (χ0) is 19.6. The number of rotatable bonds is 4. The summed E-state index contributed by atoms with van der Waals surface area (Å²) in [6, 6.07) is 5.94. The monoisotopic (exact) mass is 388 g/mol. The lowest BCUT2D eigenvalue weighted by atomic mass is 10.1. The molecule has 3 rings (SSSR count). The summed E-state index contributed by atoms with van der Waals surface area (Å²) in [6.07, 6.45) is 0.327. The molecule has 8 nitrogen and oxygen atoms in total. The number of aryl methyl sites for hydroxylation is 2. The molecule has 2 aromatic rings. The van der Waals surface area contributed by atoms with E-state index in [0.29, 0.717) is 18.0 Å². The normalized spacial score (nSPS) is 16.5. The molecule has 0 saturated carbocycles. The van der Waals surface area contributed by atoms with E-state index in [4.69, 9.17) is 0 Å². The SMILES string of the molecule is CCOC(=O)C(=O)Nc1nnc(C2CC(=O)N(c3ccc(C)c(C)c3)C2)s1. The summed E-state index contributed by atoms with van der Waals surface area (Å²) in [4.78, 5) is 37.2. The smallest absolute Gasteiger partial charge is 0.397 e. The van der Waals surface area contributed by atoms with Crippen molar-refractivity contribution < 1.29 is 19.1 Å². The lowest BCUT2D eigenvalue weighted by Gasteiger charge is -2.17. The predicted molar refractivity (Wildman–Crippen MR) is 101 cm³/mol. The third-order valence-corrected chi connectivity index (χ3v) is 5.40. The van der Waals surface area contributed by atoms with Gasteiger partial charge in [-0.15, -0.1) is 10.2 Å². The molecule has 1 saturated heterocycles. The molecular weight excluding hydrogens is 368 g/mol. The molecule has 1 fully saturated rings. The van der Waals surface area contributed by atoms with Crippen LogP contribution in [0.15, 0.2) is 18.2 Å². The fourth-order valence-corrected chi connectivity index (χ4v) is 3.64. The summed E-state index contributed by atoms with van der Waals surface area (Å²) < 4.78 is 4.63. The van der Waals surface area contributed by atoms with Gasteiger partial charge in [0.25, 0.3) is 0 Å². The third-order valence-electron chi connectivity index (χ3n) is 4.40. The molecule has 27 heavy (non-hydrogen) atoms. The highest BCUT2D eigenvalue weighted by Crippen LogP contribution is 2.34. The van der Waals surface area contributed by atoms with Crippen LogP contribution in [-0.4, -0.2) is 41.1 Å². The van der Waals surface area contributed by atoms with Crippen LogP contribution in [0.3, 0.4) is 0 Å². The maximum Gasteiger partial charge on any atom is 0.397 e. The number of nitrogens with one attached hydrogen (secondary N) is 1. The molecule has 142 valence electrons. The second kappa shape index (κ2) is 7.83. The van der Waals surface area contributed by atoms with E-state index < -0.39 is 11.9 Å². The van der Waals surface area contributed by atoms with Gasteiger partial charge in [-0.2, -0.15) is 0 Å². The van der Waals surface area contributed by atoms with E-state index in [-0.39, 0.29) is 23.6 Å². The highest BCUT2D eigenvalue weighted by atomic mass is 32.1. The van der Waals surface area contributed by atoms with Gasteiger partial charge in [0, 0.05) is 24.6 Å². The highest BCUT2D eigenvalue weighted by Gasteiger charge is 2.34. The van der Waals surface area contributed by atoms with Gasteiger partial charge in [0.1, 0.15) is 5.01 Å². The predicted octanol–water partition coefficient (Wildman–Crippen LogP) is 2.18. The van der Waals surface area contributed by atoms with Gasteiger partial charge in [0.2, 0.25) is 11.0 Å². The van der Waals surface area contributed by atoms with Crippen LogP contribution in [0.25, 0.3) is 0 Å². The molecular formula is C18H20N4O4S. The van der Waals surface area contributed by atoms with Crippen LogP contribution in [0.5, 0.6) is 0 Å². The quantitative estimate of drug-likeness (QED) is 0.636. The number of esters is 1. The number of nitrogens with zero attached hydrogens (tertiary/aromatic N) is 3. The Hall–Kier alpha value is -2.81. The van der Waals surface area contributed by atoms with Crippen LogP contribution in [0, 0.1) is 13.8 Å². The zero-order valence-electron chi connectivity index (χ0n) is 15.3. The van der Waals surface area contributed by atoms with Crippen LogP contribution < -0.4 is 10.2 Å². The van der Waals surface area contributed by atoms with Crippen molar-refractivity contribution in [1.29, 1.82) is 0 Å². The minimum atomic E-state index is -0.966. The van der Waals surface area contributed by atoms with Crippen LogP contribution >= 0.6 is 11.3 Å². The van der Waals surface area contributed by atoms with Gasteiger partial charge in [-0.25, -0.2) is 4.79 Å². The van der Waals surface area contributed by atoms with Crippen molar-refractivity contribution in [2.75, 3.05) is 23.4 Å². The number of ether oxygens (including phenoxy) is 1.